The predicted octanol–water partition coefficient (Wildman–Crippen LogP) is 3.13. The van der Waals surface area contributed by atoms with Crippen LogP contribution < -0.4 is 9.46 Å². The normalized spacial score (nSPS) is 11.3. The van der Waals surface area contributed by atoms with E-state index < -0.39 is 10.0 Å². The molecule has 0 unspecified atom stereocenters. The van der Waals surface area contributed by atoms with Crippen molar-refractivity contribution in [1.29, 1.82) is 0 Å². The van der Waals surface area contributed by atoms with E-state index in [-0.39, 0.29) is 11.4 Å². The van der Waals surface area contributed by atoms with Crippen molar-refractivity contribution in [3.8, 4) is 5.75 Å². The molecule has 0 aliphatic carbocycles. The molecule has 0 saturated heterocycles. The maximum Gasteiger partial charge on any atom is 0.240 e. The van der Waals surface area contributed by atoms with Crippen LogP contribution >= 0.6 is 0 Å². The van der Waals surface area contributed by atoms with Gasteiger partial charge in [0.25, 0.3) is 0 Å². The number of aromatic nitrogens is 1. The standard InChI is InChI=1S/C17H22N2O3S/c1-2-3-4-12-22-16-7-9-17(10-8-16)23(20,21)19-14-15-6-5-11-18-13-15/h5-11,13,19H,2-4,12,14H2,1H3. The van der Waals surface area contributed by atoms with Crippen LogP contribution in [0.5, 0.6) is 5.75 Å². The smallest absolute Gasteiger partial charge is 0.240 e. The molecule has 0 aliphatic heterocycles. The maximum absolute atomic E-state index is 12.2. The minimum absolute atomic E-state index is 0.214. The van der Waals surface area contributed by atoms with Crippen LogP contribution in [0.25, 0.3) is 0 Å². The number of unbranched alkanes of at least 4 members (excludes halogenated alkanes) is 2. The molecule has 23 heavy (non-hydrogen) atoms. The number of rotatable bonds is 9. The van der Waals surface area contributed by atoms with Crippen LogP contribution in [0, 0.1) is 0 Å². The molecule has 0 spiro atoms. The molecular formula is C17H22N2O3S. The summed E-state index contributed by atoms with van der Waals surface area (Å²) in [4.78, 5) is 4.18. The third-order valence-corrected chi connectivity index (χ3v) is 4.76. The fraction of sp³-hybridized carbons (Fsp3) is 0.353. The molecule has 2 rings (SSSR count). The number of hydrogen-bond acceptors (Lipinski definition) is 4. The van der Waals surface area contributed by atoms with Gasteiger partial charge < -0.3 is 4.74 Å². The molecule has 1 N–H and O–H groups in total. The Hall–Kier alpha value is -1.92. The molecule has 0 saturated carbocycles. The monoisotopic (exact) mass is 334 g/mol. The van der Waals surface area contributed by atoms with Crippen molar-refractivity contribution >= 4 is 10.0 Å². The highest BCUT2D eigenvalue weighted by molar-refractivity contribution is 7.89. The van der Waals surface area contributed by atoms with Crippen LogP contribution in [0.4, 0.5) is 0 Å². The summed E-state index contributed by atoms with van der Waals surface area (Å²) >= 11 is 0. The van der Waals surface area contributed by atoms with E-state index in [9.17, 15) is 8.42 Å². The van der Waals surface area contributed by atoms with Crippen molar-refractivity contribution in [2.45, 2.75) is 37.6 Å². The van der Waals surface area contributed by atoms with E-state index in [0.29, 0.717) is 12.4 Å². The SMILES string of the molecule is CCCCCOc1ccc(S(=O)(=O)NCc2cccnc2)cc1. The Balaban J connectivity index is 1.92. The zero-order valence-corrected chi connectivity index (χ0v) is 14.1. The summed E-state index contributed by atoms with van der Waals surface area (Å²) in [6.07, 6.45) is 6.56. The van der Waals surface area contributed by atoms with E-state index >= 15 is 0 Å². The number of sulfonamides is 1. The fourth-order valence-electron chi connectivity index (χ4n) is 2.02. The summed E-state index contributed by atoms with van der Waals surface area (Å²) in [7, 11) is -3.54. The van der Waals surface area contributed by atoms with Gasteiger partial charge >= 0.3 is 0 Å². The molecule has 124 valence electrons. The minimum atomic E-state index is -3.54. The summed E-state index contributed by atoms with van der Waals surface area (Å²) in [6.45, 7) is 3.00. The molecule has 1 aromatic heterocycles. The Labute approximate surface area is 137 Å². The first kappa shape index (κ1) is 17.4. The number of hydrogen-bond donors (Lipinski definition) is 1. The number of nitrogens with zero attached hydrogens (tertiary/aromatic N) is 1. The second-order valence-corrected chi connectivity index (χ2v) is 6.98. The zero-order chi connectivity index (χ0) is 16.5. The first-order valence-corrected chi connectivity index (χ1v) is 9.21. The number of benzene rings is 1. The molecule has 2 aromatic rings. The summed E-state index contributed by atoms with van der Waals surface area (Å²) in [5, 5.41) is 0. The molecule has 0 bridgehead atoms. The zero-order valence-electron chi connectivity index (χ0n) is 13.2. The van der Waals surface area contributed by atoms with Gasteiger partial charge in [-0.25, -0.2) is 13.1 Å². The lowest BCUT2D eigenvalue weighted by Gasteiger charge is -2.09. The van der Waals surface area contributed by atoms with Crippen molar-refractivity contribution in [2.75, 3.05) is 6.61 Å². The van der Waals surface area contributed by atoms with Gasteiger partial charge in [0, 0.05) is 18.9 Å². The predicted molar refractivity (Wildman–Crippen MR) is 89.7 cm³/mol. The van der Waals surface area contributed by atoms with E-state index in [2.05, 4.69) is 16.6 Å². The number of nitrogens with one attached hydrogen (secondary N) is 1. The first-order valence-electron chi connectivity index (χ1n) is 7.73. The third kappa shape index (κ3) is 5.65. The molecule has 0 fully saturated rings. The van der Waals surface area contributed by atoms with Gasteiger partial charge in [-0.1, -0.05) is 25.8 Å². The largest absolute Gasteiger partial charge is 0.494 e. The lowest BCUT2D eigenvalue weighted by atomic mass is 10.3. The molecule has 0 aliphatic rings. The Kier molecular flexibility index (Phi) is 6.55. The summed E-state index contributed by atoms with van der Waals surface area (Å²) in [5.41, 5.74) is 0.812. The average Bonchev–Trinajstić information content (AvgIpc) is 2.58. The minimum Gasteiger partial charge on any atom is -0.494 e. The quantitative estimate of drug-likeness (QED) is 0.715. The van der Waals surface area contributed by atoms with Crippen molar-refractivity contribution in [1.82, 2.24) is 9.71 Å². The Morgan fingerprint density at radius 3 is 2.57 bits per heavy atom. The summed E-state index contributed by atoms with van der Waals surface area (Å²) in [5.74, 6) is 0.687. The van der Waals surface area contributed by atoms with Gasteiger partial charge in [0.15, 0.2) is 0 Å². The van der Waals surface area contributed by atoms with Crippen molar-refractivity contribution in [3.05, 3.63) is 54.4 Å². The topological polar surface area (TPSA) is 68.3 Å². The van der Waals surface area contributed by atoms with E-state index in [1.54, 1.807) is 42.7 Å². The van der Waals surface area contributed by atoms with Crippen LogP contribution in [-0.2, 0) is 16.6 Å². The summed E-state index contributed by atoms with van der Waals surface area (Å²) in [6, 6.07) is 10.1. The van der Waals surface area contributed by atoms with Gasteiger partial charge in [0.05, 0.1) is 11.5 Å². The molecular weight excluding hydrogens is 312 g/mol. The van der Waals surface area contributed by atoms with E-state index in [1.807, 2.05) is 6.07 Å². The van der Waals surface area contributed by atoms with Crippen molar-refractivity contribution in [2.24, 2.45) is 0 Å². The summed E-state index contributed by atoms with van der Waals surface area (Å²) < 4.78 is 32.6. The van der Waals surface area contributed by atoms with Gasteiger partial charge in [-0.3, -0.25) is 4.98 Å². The molecule has 1 aromatic carbocycles. The highest BCUT2D eigenvalue weighted by Gasteiger charge is 2.13. The van der Waals surface area contributed by atoms with Crippen LogP contribution in [-0.4, -0.2) is 20.0 Å². The van der Waals surface area contributed by atoms with Gasteiger partial charge in [-0.15, -0.1) is 0 Å². The Morgan fingerprint density at radius 1 is 1.13 bits per heavy atom. The van der Waals surface area contributed by atoms with Crippen molar-refractivity contribution in [3.63, 3.8) is 0 Å². The molecule has 1 heterocycles. The van der Waals surface area contributed by atoms with Crippen LogP contribution in [0.15, 0.2) is 53.7 Å². The highest BCUT2D eigenvalue weighted by atomic mass is 32.2. The van der Waals surface area contributed by atoms with E-state index in [1.165, 1.54) is 0 Å². The van der Waals surface area contributed by atoms with Crippen molar-refractivity contribution < 1.29 is 13.2 Å². The molecule has 6 heteroatoms. The van der Waals surface area contributed by atoms with Gasteiger partial charge in [-0.2, -0.15) is 0 Å². The second kappa shape index (κ2) is 8.64. The van der Waals surface area contributed by atoms with E-state index in [4.69, 9.17) is 4.74 Å². The highest BCUT2D eigenvalue weighted by Crippen LogP contribution is 2.16. The lowest BCUT2D eigenvalue weighted by molar-refractivity contribution is 0.306. The van der Waals surface area contributed by atoms with Crippen LogP contribution in [0.1, 0.15) is 31.7 Å². The van der Waals surface area contributed by atoms with Gasteiger partial charge in [-0.05, 0) is 42.3 Å². The fourth-order valence-corrected chi connectivity index (χ4v) is 3.04. The van der Waals surface area contributed by atoms with Gasteiger partial charge in [0.1, 0.15) is 5.75 Å². The molecule has 0 radical (unpaired) electrons. The van der Waals surface area contributed by atoms with Crippen LogP contribution in [0.2, 0.25) is 0 Å². The average molecular weight is 334 g/mol. The molecule has 0 atom stereocenters. The molecule has 0 amide bonds. The van der Waals surface area contributed by atoms with Gasteiger partial charge in [0.2, 0.25) is 10.0 Å². The first-order chi connectivity index (χ1) is 11.1. The second-order valence-electron chi connectivity index (χ2n) is 5.21. The Morgan fingerprint density at radius 2 is 1.91 bits per heavy atom. The number of ether oxygens (including phenoxy) is 1. The van der Waals surface area contributed by atoms with Crippen LogP contribution in [0.3, 0.4) is 0 Å². The maximum atomic E-state index is 12.2. The lowest BCUT2D eigenvalue weighted by Crippen LogP contribution is -2.23. The Bertz CT molecular complexity index is 686. The number of pyridine rings is 1. The van der Waals surface area contributed by atoms with E-state index in [0.717, 1.165) is 24.8 Å². The third-order valence-electron chi connectivity index (χ3n) is 3.34. The molecule has 5 nitrogen and oxygen atoms in total.